The maximum atomic E-state index is 13.0. The van der Waals surface area contributed by atoms with Crippen LogP contribution < -0.4 is 4.74 Å². The summed E-state index contributed by atoms with van der Waals surface area (Å²) < 4.78 is 12.8. The summed E-state index contributed by atoms with van der Waals surface area (Å²) in [5, 5.41) is 38.5. The van der Waals surface area contributed by atoms with Gasteiger partial charge in [-0.05, 0) is 50.3 Å². The lowest BCUT2D eigenvalue weighted by atomic mass is 9.99. The van der Waals surface area contributed by atoms with Crippen molar-refractivity contribution in [2.24, 2.45) is 5.92 Å². The summed E-state index contributed by atoms with van der Waals surface area (Å²) in [6.45, 7) is 3.92. The minimum atomic E-state index is -1.60. The van der Waals surface area contributed by atoms with E-state index in [1.165, 1.54) is 41.2 Å². The van der Waals surface area contributed by atoms with Gasteiger partial charge in [-0.25, -0.2) is 9.48 Å². The van der Waals surface area contributed by atoms with Crippen molar-refractivity contribution in [3.05, 3.63) is 53.9 Å². The summed E-state index contributed by atoms with van der Waals surface area (Å²) in [5.74, 6) is -1.69. The van der Waals surface area contributed by atoms with Crippen LogP contribution in [0.2, 0.25) is 0 Å². The number of aromatic hydroxyl groups is 1. The van der Waals surface area contributed by atoms with Crippen LogP contribution in [0.25, 0.3) is 6.08 Å². The lowest BCUT2D eigenvalue weighted by Gasteiger charge is -2.20. The highest BCUT2D eigenvalue weighted by Gasteiger charge is 2.25. The monoisotopic (exact) mass is 541 g/mol. The van der Waals surface area contributed by atoms with Gasteiger partial charge < -0.3 is 24.8 Å². The smallest absolute Gasteiger partial charge is 0.342 e. The van der Waals surface area contributed by atoms with Gasteiger partial charge in [-0.3, -0.25) is 9.59 Å². The molecule has 0 spiro atoms. The summed E-state index contributed by atoms with van der Waals surface area (Å²) >= 11 is 0. The standard InChI is InChI=1S/C28H35N3O8/c1-18-10-11-24(34)27(36)23(33)9-6-7-20-15-22(16-25(35)26(20)28(37)39-19(18)2)38-14-5-3-4-8-21(32)17-31-13-12-29-30-31/h6-7,10-13,15-16,18-19,23,27,33,35-36H,3-5,8-9,14,17H2,1-2H3/b7-6+,11-10-/t18-,19+,23+,27+/m1/s1. The number of fused-ring (bicyclic) bond motifs is 1. The molecule has 0 saturated heterocycles. The van der Waals surface area contributed by atoms with Crippen molar-refractivity contribution >= 4 is 23.6 Å². The molecule has 2 heterocycles. The second kappa shape index (κ2) is 14.4. The average Bonchev–Trinajstić information content (AvgIpc) is 3.40. The normalized spacial score (nSPS) is 23.8. The largest absolute Gasteiger partial charge is 0.507 e. The number of nitrogens with zero attached hydrogens (tertiary/aromatic N) is 3. The number of benzene rings is 1. The highest BCUT2D eigenvalue weighted by atomic mass is 16.5. The van der Waals surface area contributed by atoms with Crippen molar-refractivity contribution in [2.45, 2.75) is 70.8 Å². The number of phenols is 1. The Balaban J connectivity index is 1.65. The van der Waals surface area contributed by atoms with E-state index in [0.717, 1.165) is 6.42 Å². The first-order valence-electron chi connectivity index (χ1n) is 13.0. The molecule has 1 aliphatic rings. The number of aliphatic hydroxyl groups is 2. The molecule has 1 aliphatic heterocycles. The van der Waals surface area contributed by atoms with Crippen molar-refractivity contribution in [3.8, 4) is 11.5 Å². The molecular weight excluding hydrogens is 506 g/mol. The highest BCUT2D eigenvalue weighted by molar-refractivity contribution is 5.97. The van der Waals surface area contributed by atoms with E-state index in [1.54, 1.807) is 26.1 Å². The van der Waals surface area contributed by atoms with Crippen LogP contribution in [0.5, 0.6) is 11.5 Å². The second-order valence-corrected chi connectivity index (χ2v) is 9.59. The Morgan fingerprint density at radius 3 is 2.69 bits per heavy atom. The highest BCUT2D eigenvalue weighted by Crippen LogP contribution is 2.31. The Hall–Kier alpha value is -3.83. The Kier molecular flexibility index (Phi) is 10.9. The number of aromatic nitrogens is 3. The van der Waals surface area contributed by atoms with E-state index >= 15 is 0 Å². The van der Waals surface area contributed by atoms with Crippen LogP contribution in [0.15, 0.2) is 42.8 Å². The number of ketones is 2. The van der Waals surface area contributed by atoms with Crippen molar-refractivity contribution in [1.29, 1.82) is 0 Å². The van der Waals surface area contributed by atoms with Crippen LogP contribution in [0.3, 0.4) is 0 Å². The maximum absolute atomic E-state index is 13.0. The van der Waals surface area contributed by atoms with Gasteiger partial charge >= 0.3 is 5.97 Å². The minimum Gasteiger partial charge on any atom is -0.507 e. The van der Waals surface area contributed by atoms with E-state index in [9.17, 15) is 29.7 Å². The maximum Gasteiger partial charge on any atom is 0.342 e. The van der Waals surface area contributed by atoms with Crippen LogP contribution in [0.4, 0.5) is 0 Å². The van der Waals surface area contributed by atoms with E-state index in [0.29, 0.717) is 37.2 Å². The van der Waals surface area contributed by atoms with Gasteiger partial charge in [0, 0.05) is 24.6 Å². The molecule has 210 valence electrons. The van der Waals surface area contributed by atoms with Crippen molar-refractivity contribution in [2.75, 3.05) is 6.61 Å². The number of cyclic esters (lactones) is 1. The number of rotatable bonds is 9. The molecule has 11 heteroatoms. The van der Waals surface area contributed by atoms with E-state index in [2.05, 4.69) is 10.3 Å². The number of carbonyl (C=O) groups excluding carboxylic acids is 3. The molecule has 3 N–H and O–H groups in total. The molecule has 0 radical (unpaired) electrons. The third-order valence-electron chi connectivity index (χ3n) is 6.43. The number of unbranched alkanes of at least 4 members (excludes halogenated alkanes) is 2. The molecule has 11 nitrogen and oxygen atoms in total. The second-order valence-electron chi connectivity index (χ2n) is 9.59. The summed E-state index contributed by atoms with van der Waals surface area (Å²) in [4.78, 5) is 37.1. The zero-order chi connectivity index (χ0) is 28.4. The van der Waals surface area contributed by atoms with Gasteiger partial charge in [0.05, 0.1) is 18.9 Å². The zero-order valence-corrected chi connectivity index (χ0v) is 22.1. The molecule has 0 saturated carbocycles. The number of hydrogen-bond acceptors (Lipinski definition) is 10. The van der Waals surface area contributed by atoms with E-state index in [1.807, 2.05) is 0 Å². The third kappa shape index (κ3) is 8.86. The third-order valence-corrected chi connectivity index (χ3v) is 6.43. The summed E-state index contributed by atoms with van der Waals surface area (Å²) in [7, 11) is 0. The van der Waals surface area contributed by atoms with E-state index < -0.39 is 30.1 Å². The number of esters is 1. The van der Waals surface area contributed by atoms with Crippen molar-refractivity contribution in [3.63, 3.8) is 0 Å². The zero-order valence-electron chi connectivity index (χ0n) is 22.1. The number of aliphatic hydroxyl groups excluding tert-OH is 2. The Bertz CT molecular complexity index is 1190. The molecule has 0 unspecified atom stereocenters. The van der Waals surface area contributed by atoms with Gasteiger partial charge in [-0.1, -0.05) is 30.4 Å². The van der Waals surface area contributed by atoms with Crippen LogP contribution in [-0.2, 0) is 20.9 Å². The number of hydrogen-bond donors (Lipinski definition) is 3. The molecule has 4 atom stereocenters. The Morgan fingerprint density at radius 2 is 1.95 bits per heavy atom. The molecule has 0 aliphatic carbocycles. The van der Waals surface area contributed by atoms with Gasteiger partial charge in [0.2, 0.25) is 0 Å². The molecule has 0 fully saturated rings. The van der Waals surface area contributed by atoms with Gasteiger partial charge in [0.15, 0.2) is 11.6 Å². The van der Waals surface area contributed by atoms with Gasteiger partial charge in [-0.15, -0.1) is 5.10 Å². The fraction of sp³-hybridized carbons (Fsp3) is 0.464. The Labute approximate surface area is 226 Å². The van der Waals surface area contributed by atoms with Gasteiger partial charge in [0.25, 0.3) is 0 Å². The molecular formula is C28H35N3O8. The first kappa shape index (κ1) is 29.7. The van der Waals surface area contributed by atoms with Crippen molar-refractivity contribution in [1.82, 2.24) is 15.0 Å². The molecule has 39 heavy (non-hydrogen) atoms. The molecule has 3 rings (SSSR count). The van der Waals surface area contributed by atoms with Crippen LogP contribution >= 0.6 is 0 Å². The number of phenolic OH excluding ortho intramolecular Hbond substituents is 1. The molecule has 1 aromatic heterocycles. The SMILES string of the molecule is C[C@@H]1/C=C\C(=O)[C@@H](O)[C@@H](O)C/C=C/c2cc(OCCCCCC(=O)Cn3ccnn3)cc(O)c2C(=O)O[C@H]1C. The number of carbonyl (C=O) groups is 3. The molecule has 1 aromatic carbocycles. The summed E-state index contributed by atoms with van der Waals surface area (Å²) in [6, 6.07) is 2.91. The van der Waals surface area contributed by atoms with E-state index in [4.69, 9.17) is 9.47 Å². The fourth-order valence-corrected chi connectivity index (χ4v) is 3.92. The molecule has 0 amide bonds. The van der Waals surface area contributed by atoms with Crippen LogP contribution in [0, 0.1) is 5.92 Å². The first-order chi connectivity index (χ1) is 18.7. The lowest BCUT2D eigenvalue weighted by molar-refractivity contribution is -0.127. The topological polar surface area (TPSA) is 161 Å². The number of ether oxygens (including phenoxy) is 2. The first-order valence-corrected chi connectivity index (χ1v) is 13.0. The number of Topliss-reactive ketones (excluding diaryl/α,β-unsaturated/α-hetero) is 1. The van der Waals surface area contributed by atoms with Crippen molar-refractivity contribution < 1.29 is 39.2 Å². The average molecular weight is 542 g/mol. The quantitative estimate of drug-likeness (QED) is 0.318. The lowest BCUT2D eigenvalue weighted by Crippen LogP contribution is -2.32. The molecule has 0 bridgehead atoms. The van der Waals surface area contributed by atoms with Crippen LogP contribution in [-0.4, -0.2) is 72.8 Å². The van der Waals surface area contributed by atoms with Crippen LogP contribution in [0.1, 0.15) is 61.9 Å². The van der Waals surface area contributed by atoms with Gasteiger partial charge in [0.1, 0.15) is 35.8 Å². The predicted octanol–water partition coefficient (Wildman–Crippen LogP) is 2.64. The van der Waals surface area contributed by atoms with E-state index in [-0.39, 0.29) is 36.0 Å². The predicted molar refractivity (Wildman–Crippen MR) is 141 cm³/mol. The molecule has 2 aromatic rings. The fourth-order valence-electron chi connectivity index (χ4n) is 3.92. The van der Waals surface area contributed by atoms with Gasteiger partial charge in [-0.2, -0.15) is 0 Å². The summed E-state index contributed by atoms with van der Waals surface area (Å²) in [5.41, 5.74) is 0.241. The Morgan fingerprint density at radius 1 is 1.15 bits per heavy atom. The minimum absolute atomic E-state index is 0.0595. The summed E-state index contributed by atoms with van der Waals surface area (Å²) in [6.07, 6.45) is 7.73.